The van der Waals surface area contributed by atoms with E-state index in [0.717, 1.165) is 33.9 Å². The summed E-state index contributed by atoms with van der Waals surface area (Å²) in [5.41, 5.74) is 1.47. The molecule has 2 aliphatic carbocycles. The highest BCUT2D eigenvalue weighted by Crippen LogP contribution is 2.67. The average molecular weight is 621 g/mol. The van der Waals surface area contributed by atoms with Gasteiger partial charge < -0.3 is 0 Å². The van der Waals surface area contributed by atoms with Gasteiger partial charge in [-0.25, -0.2) is 0 Å². The van der Waals surface area contributed by atoms with Crippen LogP contribution >= 0.6 is 46.4 Å². The van der Waals surface area contributed by atoms with Gasteiger partial charge in [-0.3, -0.25) is 14.5 Å². The molecule has 4 aromatic carbocycles. The average Bonchev–Trinajstić information content (AvgIpc) is 3.35. The Kier molecular flexibility index (Phi) is 6.43. The van der Waals surface area contributed by atoms with Crippen molar-refractivity contribution in [3.8, 4) is 0 Å². The largest absolute Gasteiger partial charge is 0.294 e. The van der Waals surface area contributed by atoms with Crippen LogP contribution in [0, 0.1) is 5.41 Å². The molecule has 7 rings (SSSR count). The fourth-order valence-electron chi connectivity index (χ4n) is 7.97. The van der Waals surface area contributed by atoms with Crippen LogP contribution in [0.25, 0.3) is 16.8 Å². The minimum absolute atomic E-state index is 0.0292. The van der Waals surface area contributed by atoms with Crippen molar-refractivity contribution in [1.29, 1.82) is 0 Å². The molecular weight excluding hydrogens is 596 g/mol. The van der Waals surface area contributed by atoms with Crippen LogP contribution in [0.5, 0.6) is 0 Å². The number of fused-ring (bicyclic) bond motifs is 2. The molecule has 1 heterocycles. The molecule has 2 spiro atoms. The first-order valence-corrected chi connectivity index (χ1v) is 15.1. The van der Waals surface area contributed by atoms with Crippen LogP contribution in [0.1, 0.15) is 52.2 Å². The minimum Gasteiger partial charge on any atom is -0.294 e. The van der Waals surface area contributed by atoms with Crippen LogP contribution in [-0.2, 0) is 10.3 Å². The summed E-state index contributed by atoms with van der Waals surface area (Å²) in [5, 5.41) is 3.95. The zero-order valence-electron chi connectivity index (χ0n) is 22.2. The molecule has 0 bridgehead atoms. The lowest BCUT2D eigenvalue weighted by Crippen LogP contribution is -2.59. The Bertz CT molecular complexity index is 1830. The Hall–Kier alpha value is -2.66. The molecule has 1 saturated heterocycles. The molecule has 206 valence electrons. The summed E-state index contributed by atoms with van der Waals surface area (Å²) in [6, 6.07) is 22.6. The number of halogens is 4. The number of carbonyl (C=O) groups excluding carboxylic acids is 2. The molecule has 2 fully saturated rings. The van der Waals surface area contributed by atoms with Crippen molar-refractivity contribution in [1.82, 2.24) is 4.90 Å². The van der Waals surface area contributed by atoms with E-state index in [0.29, 0.717) is 50.6 Å². The number of hydrogen-bond donors (Lipinski definition) is 0. The van der Waals surface area contributed by atoms with Gasteiger partial charge in [-0.1, -0.05) is 94.9 Å². The lowest BCUT2D eigenvalue weighted by Gasteiger charge is -2.49. The standard InChI is InChI=1S/C34H25Cl4NO2/c1-39-18-27(24-13-12-23(36)17-29(24)38)33(14-4-7-21(31(33)40)15-20-10-11-22(35)16-28(20)37)34(39)26-9-3-6-19-5-2-8-25(30(19)26)32(34)41/h2-3,5-6,8-13,15-17,27H,4,7,14,18H2,1H3/b21-15+/t27-,33+,34+/m1/s1. The van der Waals surface area contributed by atoms with Gasteiger partial charge in [0.2, 0.25) is 0 Å². The van der Waals surface area contributed by atoms with E-state index in [9.17, 15) is 4.79 Å². The van der Waals surface area contributed by atoms with Crippen molar-refractivity contribution in [2.45, 2.75) is 30.7 Å². The number of hydrogen-bond acceptors (Lipinski definition) is 3. The fraction of sp³-hybridized carbons (Fsp3) is 0.235. The molecule has 3 atom stereocenters. The van der Waals surface area contributed by atoms with E-state index in [1.807, 2.05) is 67.7 Å². The van der Waals surface area contributed by atoms with Crippen molar-refractivity contribution < 1.29 is 9.59 Å². The molecule has 0 unspecified atom stereocenters. The number of Topliss-reactive ketones (excluding diaryl/α,β-unsaturated/α-hetero) is 2. The molecule has 7 heteroatoms. The highest BCUT2D eigenvalue weighted by molar-refractivity contribution is 6.36. The molecule has 0 N–H and O–H groups in total. The van der Waals surface area contributed by atoms with Gasteiger partial charge in [0.1, 0.15) is 5.54 Å². The lowest BCUT2D eigenvalue weighted by molar-refractivity contribution is -0.132. The number of benzene rings is 4. The van der Waals surface area contributed by atoms with E-state index in [1.165, 1.54) is 0 Å². The Morgan fingerprint density at radius 1 is 0.854 bits per heavy atom. The third-order valence-electron chi connectivity index (χ3n) is 9.48. The van der Waals surface area contributed by atoms with Gasteiger partial charge in [0.05, 0.1) is 5.41 Å². The van der Waals surface area contributed by atoms with E-state index in [-0.39, 0.29) is 17.5 Å². The molecule has 3 aliphatic rings. The van der Waals surface area contributed by atoms with E-state index >= 15 is 4.79 Å². The highest BCUT2D eigenvalue weighted by Gasteiger charge is 2.73. The molecule has 1 saturated carbocycles. The monoisotopic (exact) mass is 619 g/mol. The van der Waals surface area contributed by atoms with Crippen molar-refractivity contribution in [2.75, 3.05) is 13.6 Å². The van der Waals surface area contributed by atoms with Crippen LogP contribution in [0.4, 0.5) is 0 Å². The maximum Gasteiger partial charge on any atom is 0.189 e. The van der Waals surface area contributed by atoms with Gasteiger partial charge in [-0.2, -0.15) is 0 Å². The minimum atomic E-state index is -1.19. The van der Waals surface area contributed by atoms with Crippen molar-refractivity contribution in [3.63, 3.8) is 0 Å². The Morgan fingerprint density at radius 2 is 1.56 bits per heavy atom. The zero-order valence-corrected chi connectivity index (χ0v) is 25.2. The first-order chi connectivity index (χ1) is 19.7. The van der Waals surface area contributed by atoms with Crippen LogP contribution in [-0.4, -0.2) is 30.1 Å². The number of carbonyl (C=O) groups is 2. The number of likely N-dealkylation sites (tertiary alicyclic amines) is 1. The van der Waals surface area contributed by atoms with Crippen LogP contribution in [0.3, 0.4) is 0 Å². The van der Waals surface area contributed by atoms with Crippen molar-refractivity contribution in [2.24, 2.45) is 5.41 Å². The molecule has 4 aromatic rings. The Labute approximate surface area is 258 Å². The van der Waals surface area contributed by atoms with Crippen LogP contribution < -0.4 is 0 Å². The van der Waals surface area contributed by atoms with E-state index < -0.39 is 11.0 Å². The number of nitrogens with zero attached hydrogens (tertiary/aromatic N) is 1. The zero-order chi connectivity index (χ0) is 28.7. The van der Waals surface area contributed by atoms with Crippen LogP contribution in [0.15, 0.2) is 78.4 Å². The molecule has 0 aromatic heterocycles. The first-order valence-electron chi connectivity index (χ1n) is 13.6. The number of rotatable bonds is 2. The van der Waals surface area contributed by atoms with Gasteiger partial charge in [-0.05, 0) is 89.7 Å². The summed E-state index contributed by atoms with van der Waals surface area (Å²) < 4.78 is 0. The van der Waals surface area contributed by atoms with E-state index in [4.69, 9.17) is 46.4 Å². The smallest absolute Gasteiger partial charge is 0.189 e. The predicted octanol–water partition coefficient (Wildman–Crippen LogP) is 9.40. The van der Waals surface area contributed by atoms with Crippen molar-refractivity contribution in [3.05, 3.63) is 121 Å². The fourth-order valence-corrected chi connectivity index (χ4v) is 8.97. The number of allylic oxidation sites excluding steroid dienone is 1. The van der Waals surface area contributed by atoms with Crippen molar-refractivity contribution >= 4 is 74.8 Å². The second-order valence-corrected chi connectivity index (χ2v) is 13.0. The Morgan fingerprint density at radius 3 is 2.29 bits per heavy atom. The lowest BCUT2D eigenvalue weighted by atomic mass is 9.53. The molecule has 0 radical (unpaired) electrons. The van der Waals surface area contributed by atoms with E-state index in [2.05, 4.69) is 4.90 Å². The number of ketones is 2. The summed E-state index contributed by atoms with van der Waals surface area (Å²) in [6.07, 6.45) is 3.74. The SMILES string of the molecule is CN1C[C@H](c2ccc(Cl)cc2Cl)[C@]2(CCC/C(=C\c3ccc(Cl)cc3Cl)C2=O)[C@]12C(=O)c1cccc3cccc2c13. The topological polar surface area (TPSA) is 37.4 Å². The molecule has 41 heavy (non-hydrogen) atoms. The molecule has 3 nitrogen and oxygen atoms in total. The Balaban J connectivity index is 1.52. The highest BCUT2D eigenvalue weighted by atomic mass is 35.5. The van der Waals surface area contributed by atoms with Gasteiger partial charge >= 0.3 is 0 Å². The molecular formula is C34H25Cl4NO2. The maximum absolute atomic E-state index is 15.2. The third-order valence-corrected chi connectivity index (χ3v) is 10.6. The summed E-state index contributed by atoms with van der Waals surface area (Å²) in [4.78, 5) is 32.2. The summed E-state index contributed by atoms with van der Waals surface area (Å²) in [5.74, 6) is -0.408. The van der Waals surface area contributed by atoms with Crippen LogP contribution in [0.2, 0.25) is 20.1 Å². The second kappa shape index (κ2) is 9.69. The predicted molar refractivity (Wildman–Crippen MR) is 168 cm³/mol. The summed E-state index contributed by atoms with van der Waals surface area (Å²) >= 11 is 25.9. The van der Waals surface area contributed by atoms with Gasteiger partial charge in [0, 0.05) is 38.1 Å². The number of likely N-dealkylation sites (N-methyl/N-ethyl adjacent to an activating group) is 1. The summed E-state index contributed by atoms with van der Waals surface area (Å²) in [6.45, 7) is 0.484. The third kappa shape index (κ3) is 3.63. The van der Waals surface area contributed by atoms with E-state index in [1.54, 1.807) is 18.2 Å². The quantitative estimate of drug-likeness (QED) is 0.209. The second-order valence-electron chi connectivity index (χ2n) is 11.3. The van der Waals surface area contributed by atoms with Gasteiger partial charge in [0.15, 0.2) is 11.6 Å². The molecule has 1 aliphatic heterocycles. The normalized spacial score (nSPS) is 26.8. The first kappa shape index (κ1) is 27.2. The van der Waals surface area contributed by atoms with Gasteiger partial charge in [0.25, 0.3) is 0 Å². The summed E-state index contributed by atoms with van der Waals surface area (Å²) in [7, 11) is 1.97. The maximum atomic E-state index is 15.2. The molecule has 0 amide bonds. The van der Waals surface area contributed by atoms with Gasteiger partial charge in [-0.15, -0.1) is 0 Å².